The van der Waals surface area contributed by atoms with Crippen molar-refractivity contribution in [3.05, 3.63) is 41.7 Å². The number of amides is 2. The van der Waals surface area contributed by atoms with Crippen molar-refractivity contribution in [3.8, 4) is 11.1 Å². The van der Waals surface area contributed by atoms with Gasteiger partial charge in [0.1, 0.15) is 0 Å². The van der Waals surface area contributed by atoms with Gasteiger partial charge in [0.25, 0.3) is 5.91 Å². The average Bonchev–Trinajstić information content (AvgIpc) is 3.03. The van der Waals surface area contributed by atoms with Crippen molar-refractivity contribution >= 4 is 11.8 Å². The first-order chi connectivity index (χ1) is 12.9. The zero-order valence-electron chi connectivity index (χ0n) is 15.1. The smallest absolute Gasteiger partial charge is 0.333 e. The Morgan fingerprint density at radius 2 is 2.11 bits per heavy atom. The Kier molecular flexibility index (Phi) is 5.53. The number of likely N-dealkylation sites (tertiary alicyclic amines) is 1. The number of hydrogen-bond donors (Lipinski definition) is 1. The minimum absolute atomic E-state index is 0.145. The maximum atomic E-state index is 13.0. The summed E-state index contributed by atoms with van der Waals surface area (Å²) in [5.74, 6) is -0.606. The minimum Gasteiger partial charge on any atom is -0.370 e. The van der Waals surface area contributed by atoms with Gasteiger partial charge in [0.15, 0.2) is 0 Å². The predicted molar refractivity (Wildman–Crippen MR) is 96.1 cm³/mol. The van der Waals surface area contributed by atoms with Crippen molar-refractivity contribution in [2.45, 2.75) is 45.2 Å². The van der Waals surface area contributed by atoms with Crippen LogP contribution >= 0.6 is 0 Å². The molecule has 1 aliphatic heterocycles. The molecule has 2 heterocycles. The van der Waals surface area contributed by atoms with Gasteiger partial charge in [0.2, 0.25) is 5.91 Å². The van der Waals surface area contributed by atoms with Crippen molar-refractivity contribution in [3.63, 3.8) is 0 Å². The quantitative estimate of drug-likeness (QED) is 0.870. The highest BCUT2D eigenvalue weighted by Gasteiger charge is 2.28. The molecule has 1 saturated heterocycles. The van der Waals surface area contributed by atoms with Crippen LogP contribution in [0, 0.1) is 6.92 Å². The largest absolute Gasteiger partial charge is 0.370 e. The third-order valence-electron chi connectivity index (χ3n) is 4.86. The number of aromatic nitrogens is 2. The summed E-state index contributed by atoms with van der Waals surface area (Å²) in [5, 5.41) is 3.82. The Hall–Kier alpha value is -2.77. The fourth-order valence-electron chi connectivity index (χ4n) is 3.56. The normalized spacial score (nSPS) is 17.3. The third kappa shape index (κ3) is 4.15. The van der Waals surface area contributed by atoms with Crippen LogP contribution in [0.1, 0.15) is 48.3 Å². The van der Waals surface area contributed by atoms with Crippen LogP contribution in [0.4, 0.5) is 8.78 Å². The molecule has 0 bridgehead atoms. The molecule has 144 valence electrons. The second-order valence-corrected chi connectivity index (χ2v) is 6.79. The number of primary amides is 1. The molecular weight excluding hydrogens is 354 g/mol. The van der Waals surface area contributed by atoms with Crippen LogP contribution in [0.15, 0.2) is 30.5 Å². The summed E-state index contributed by atoms with van der Waals surface area (Å²) in [4.78, 5) is 26.0. The Morgan fingerprint density at radius 3 is 2.78 bits per heavy atom. The van der Waals surface area contributed by atoms with E-state index in [0.717, 1.165) is 19.3 Å². The summed E-state index contributed by atoms with van der Waals surface area (Å²) < 4.78 is 26.4. The molecule has 1 aromatic heterocycles. The lowest BCUT2D eigenvalue weighted by Gasteiger charge is -2.35. The molecule has 0 saturated carbocycles. The molecule has 2 aromatic rings. The van der Waals surface area contributed by atoms with Gasteiger partial charge in [-0.15, -0.1) is 0 Å². The molecule has 3 rings (SSSR count). The Labute approximate surface area is 155 Å². The number of rotatable bonds is 5. The second kappa shape index (κ2) is 7.85. The molecule has 1 aromatic carbocycles. The molecule has 1 atom stereocenters. The molecule has 1 aliphatic rings. The number of carbonyl (C=O) groups excluding carboxylic acids is 2. The summed E-state index contributed by atoms with van der Waals surface area (Å²) >= 11 is 0. The fraction of sp³-hybridized carbons (Fsp3) is 0.421. The molecule has 2 N–H and O–H groups in total. The number of aryl methyl sites for hydroxylation is 1. The van der Waals surface area contributed by atoms with Gasteiger partial charge in [-0.1, -0.05) is 12.1 Å². The number of benzene rings is 1. The van der Waals surface area contributed by atoms with Crippen LogP contribution in [-0.4, -0.2) is 39.1 Å². The van der Waals surface area contributed by atoms with Crippen molar-refractivity contribution in [2.24, 2.45) is 5.73 Å². The fourth-order valence-corrected chi connectivity index (χ4v) is 3.56. The maximum absolute atomic E-state index is 13.0. The van der Waals surface area contributed by atoms with E-state index in [2.05, 4.69) is 5.10 Å². The number of halogens is 2. The molecule has 6 nitrogen and oxygen atoms in total. The first-order valence-corrected chi connectivity index (χ1v) is 8.90. The van der Waals surface area contributed by atoms with Crippen molar-refractivity contribution in [1.82, 2.24) is 14.7 Å². The highest BCUT2D eigenvalue weighted by Crippen LogP contribution is 2.27. The van der Waals surface area contributed by atoms with Gasteiger partial charge in [0.05, 0.1) is 5.69 Å². The van der Waals surface area contributed by atoms with Crippen molar-refractivity contribution < 1.29 is 18.4 Å². The number of piperidine rings is 1. The highest BCUT2D eigenvalue weighted by atomic mass is 19.3. The summed E-state index contributed by atoms with van der Waals surface area (Å²) in [6.07, 6.45) is 4.00. The maximum Gasteiger partial charge on any atom is 0.333 e. The molecule has 2 amide bonds. The zero-order chi connectivity index (χ0) is 19.6. The van der Waals surface area contributed by atoms with Gasteiger partial charge in [-0.2, -0.15) is 13.9 Å². The SMILES string of the molecule is Cc1nn(C(F)F)cc1-c1cccc(C(=O)N2CCCCC2CC(N)=O)c1. The van der Waals surface area contributed by atoms with Gasteiger partial charge in [-0.3, -0.25) is 9.59 Å². The number of carbonyl (C=O) groups is 2. The number of nitrogens with zero attached hydrogens (tertiary/aromatic N) is 3. The molecule has 0 spiro atoms. The molecule has 8 heteroatoms. The first-order valence-electron chi connectivity index (χ1n) is 8.90. The summed E-state index contributed by atoms with van der Waals surface area (Å²) in [6.45, 7) is -0.496. The lowest BCUT2D eigenvalue weighted by Crippen LogP contribution is -2.45. The predicted octanol–water partition coefficient (Wildman–Crippen LogP) is 3.12. The Bertz CT molecular complexity index is 850. The average molecular weight is 376 g/mol. The van der Waals surface area contributed by atoms with E-state index in [1.807, 2.05) is 0 Å². The summed E-state index contributed by atoms with van der Waals surface area (Å²) in [7, 11) is 0. The second-order valence-electron chi connectivity index (χ2n) is 6.79. The van der Waals surface area contributed by atoms with Crippen LogP contribution in [0.5, 0.6) is 0 Å². The van der Waals surface area contributed by atoms with Gasteiger partial charge in [0, 0.05) is 36.3 Å². The lowest BCUT2D eigenvalue weighted by molar-refractivity contribution is -0.119. The molecule has 27 heavy (non-hydrogen) atoms. The molecule has 0 radical (unpaired) electrons. The van der Waals surface area contributed by atoms with Gasteiger partial charge in [-0.05, 0) is 43.9 Å². The molecular formula is C19H22F2N4O2. The van der Waals surface area contributed by atoms with E-state index in [1.165, 1.54) is 6.20 Å². The van der Waals surface area contributed by atoms with Crippen molar-refractivity contribution in [2.75, 3.05) is 6.54 Å². The molecule has 0 aliphatic carbocycles. The highest BCUT2D eigenvalue weighted by molar-refractivity contribution is 5.96. The van der Waals surface area contributed by atoms with E-state index >= 15 is 0 Å². The van der Waals surface area contributed by atoms with E-state index < -0.39 is 12.5 Å². The lowest BCUT2D eigenvalue weighted by atomic mass is 9.97. The van der Waals surface area contributed by atoms with Gasteiger partial charge >= 0.3 is 6.55 Å². The number of alkyl halides is 2. The number of hydrogen-bond acceptors (Lipinski definition) is 3. The van der Waals surface area contributed by atoms with E-state index in [1.54, 1.807) is 36.1 Å². The van der Waals surface area contributed by atoms with Gasteiger partial charge in [-0.25, -0.2) is 4.68 Å². The van der Waals surface area contributed by atoms with Crippen LogP contribution < -0.4 is 5.73 Å². The van der Waals surface area contributed by atoms with E-state index in [9.17, 15) is 18.4 Å². The van der Waals surface area contributed by atoms with Crippen LogP contribution in [0.2, 0.25) is 0 Å². The summed E-state index contributed by atoms with van der Waals surface area (Å²) in [5.41, 5.74) is 7.43. The van der Waals surface area contributed by atoms with Crippen molar-refractivity contribution in [1.29, 1.82) is 0 Å². The first kappa shape index (κ1) is 19.0. The summed E-state index contributed by atoms with van der Waals surface area (Å²) in [6, 6.07) is 6.64. The standard InChI is InChI=1S/C19H22F2N4O2/c1-12-16(11-25(23-12)19(20)21)13-5-4-6-14(9-13)18(27)24-8-3-2-7-15(24)10-17(22)26/h4-6,9,11,15,19H,2-3,7-8,10H2,1H3,(H2,22,26). The van der Waals surface area contributed by atoms with Crippen LogP contribution in [-0.2, 0) is 4.79 Å². The number of nitrogens with two attached hydrogens (primary N) is 1. The zero-order valence-corrected chi connectivity index (χ0v) is 15.1. The Balaban J connectivity index is 1.88. The minimum atomic E-state index is -2.72. The van der Waals surface area contributed by atoms with E-state index in [-0.39, 0.29) is 18.4 Å². The monoisotopic (exact) mass is 376 g/mol. The van der Waals surface area contributed by atoms with E-state index in [4.69, 9.17) is 5.73 Å². The third-order valence-corrected chi connectivity index (χ3v) is 4.86. The van der Waals surface area contributed by atoms with Gasteiger partial charge < -0.3 is 10.6 Å². The molecule has 1 unspecified atom stereocenters. The van der Waals surface area contributed by atoms with Crippen LogP contribution in [0.25, 0.3) is 11.1 Å². The van der Waals surface area contributed by atoms with E-state index in [0.29, 0.717) is 33.6 Å². The Morgan fingerprint density at radius 1 is 1.33 bits per heavy atom. The van der Waals surface area contributed by atoms with Crippen LogP contribution in [0.3, 0.4) is 0 Å². The topological polar surface area (TPSA) is 81.2 Å². The molecule has 1 fully saturated rings.